The Labute approximate surface area is 177 Å². The van der Waals surface area contributed by atoms with Crippen molar-refractivity contribution >= 4 is 21.6 Å². The number of hydrogen-bond acceptors (Lipinski definition) is 5. The van der Waals surface area contributed by atoms with Crippen LogP contribution in [0.25, 0.3) is 0 Å². The number of para-hydroxylation sites is 1. The quantitative estimate of drug-likeness (QED) is 0.757. The lowest BCUT2D eigenvalue weighted by molar-refractivity contribution is -0.133. The lowest BCUT2D eigenvalue weighted by Crippen LogP contribution is -2.52. The summed E-state index contributed by atoms with van der Waals surface area (Å²) in [6.07, 6.45) is 3.23. The Hall–Kier alpha value is -2.32. The predicted octanol–water partition coefficient (Wildman–Crippen LogP) is 3.38. The maximum Gasteiger partial charge on any atom is 0.244 e. The third-order valence-electron chi connectivity index (χ3n) is 6.24. The minimum absolute atomic E-state index is 0.0635. The maximum atomic E-state index is 12.9. The minimum atomic E-state index is -3.52. The Morgan fingerprint density at radius 1 is 1.17 bits per heavy atom. The van der Waals surface area contributed by atoms with Crippen LogP contribution in [0.4, 0.5) is 5.69 Å². The van der Waals surface area contributed by atoms with E-state index in [0.29, 0.717) is 31.1 Å². The summed E-state index contributed by atoms with van der Waals surface area (Å²) in [6.45, 7) is 5.47. The number of fused-ring (bicyclic) bond motifs is 1. The van der Waals surface area contributed by atoms with Gasteiger partial charge in [0.2, 0.25) is 15.9 Å². The number of anilines is 1. The van der Waals surface area contributed by atoms with Crippen LogP contribution in [0.5, 0.6) is 0 Å². The van der Waals surface area contributed by atoms with Gasteiger partial charge in [-0.3, -0.25) is 4.79 Å². The number of nitrogens with one attached hydrogen (secondary N) is 2. The van der Waals surface area contributed by atoms with Gasteiger partial charge >= 0.3 is 0 Å². The zero-order valence-corrected chi connectivity index (χ0v) is 18.2. The van der Waals surface area contributed by atoms with Gasteiger partial charge in [0, 0.05) is 25.4 Å². The molecule has 0 radical (unpaired) electrons. The van der Waals surface area contributed by atoms with Crippen LogP contribution in [-0.4, -0.2) is 38.5 Å². The number of likely N-dealkylation sites (tertiary alicyclic amines) is 1. The number of sulfonamides is 1. The van der Waals surface area contributed by atoms with Crippen molar-refractivity contribution in [3.8, 4) is 0 Å². The number of benzene rings is 1. The fourth-order valence-corrected chi connectivity index (χ4v) is 5.82. The van der Waals surface area contributed by atoms with Crippen molar-refractivity contribution < 1.29 is 17.6 Å². The van der Waals surface area contributed by atoms with Crippen molar-refractivity contribution in [3.63, 3.8) is 0 Å². The molecule has 1 fully saturated rings. The first-order valence-electron chi connectivity index (χ1n) is 10.5. The van der Waals surface area contributed by atoms with E-state index in [1.165, 1.54) is 0 Å². The first-order chi connectivity index (χ1) is 14.3. The van der Waals surface area contributed by atoms with E-state index < -0.39 is 10.0 Å². The van der Waals surface area contributed by atoms with Crippen LogP contribution in [0.1, 0.15) is 44.8 Å². The summed E-state index contributed by atoms with van der Waals surface area (Å²) in [4.78, 5) is 15.1. The number of carbonyl (C=O) groups is 1. The summed E-state index contributed by atoms with van der Waals surface area (Å²) in [5.41, 5.74) is 0.637. The van der Waals surface area contributed by atoms with Gasteiger partial charge in [-0.2, -0.15) is 4.72 Å². The van der Waals surface area contributed by atoms with Crippen LogP contribution in [0.2, 0.25) is 0 Å². The Morgan fingerprint density at radius 3 is 2.57 bits per heavy atom. The normalized spacial score (nSPS) is 22.4. The highest BCUT2D eigenvalue weighted by molar-refractivity contribution is 7.89. The second-order valence-electron chi connectivity index (χ2n) is 8.53. The molecule has 4 rings (SSSR count). The zero-order chi connectivity index (χ0) is 21.3. The molecule has 162 valence electrons. The minimum Gasteiger partial charge on any atom is -0.469 e. The monoisotopic (exact) mass is 431 g/mol. The van der Waals surface area contributed by atoms with Crippen LogP contribution in [0.15, 0.2) is 52.0 Å². The molecule has 2 aliphatic heterocycles. The van der Waals surface area contributed by atoms with Crippen LogP contribution in [-0.2, 0) is 14.8 Å². The van der Waals surface area contributed by atoms with E-state index in [-0.39, 0.29) is 28.8 Å². The molecule has 1 aromatic carbocycles. The number of nitrogens with zero attached hydrogens (tertiary/aromatic N) is 1. The van der Waals surface area contributed by atoms with Crippen molar-refractivity contribution in [1.82, 2.24) is 9.62 Å². The molecule has 7 nitrogen and oxygen atoms in total. The van der Waals surface area contributed by atoms with Gasteiger partial charge in [-0.1, -0.05) is 26.0 Å². The number of carbonyl (C=O) groups excluding carboxylic acids is 1. The number of amides is 1. The van der Waals surface area contributed by atoms with E-state index in [2.05, 4.69) is 23.9 Å². The van der Waals surface area contributed by atoms with E-state index in [4.69, 9.17) is 4.42 Å². The zero-order valence-electron chi connectivity index (χ0n) is 17.4. The highest BCUT2D eigenvalue weighted by Crippen LogP contribution is 2.32. The summed E-state index contributed by atoms with van der Waals surface area (Å²) < 4.78 is 33.5. The fraction of sp³-hybridized carbons (Fsp3) is 0.500. The van der Waals surface area contributed by atoms with Gasteiger partial charge in [0.25, 0.3) is 0 Å². The molecule has 30 heavy (non-hydrogen) atoms. The average molecular weight is 432 g/mol. The molecule has 1 saturated heterocycles. The number of piperidine rings is 1. The van der Waals surface area contributed by atoms with Crippen LogP contribution >= 0.6 is 0 Å². The molecule has 0 unspecified atom stereocenters. The van der Waals surface area contributed by atoms with Crippen LogP contribution in [0.3, 0.4) is 0 Å². The Bertz CT molecular complexity index is 980. The van der Waals surface area contributed by atoms with Crippen LogP contribution < -0.4 is 10.0 Å². The largest absolute Gasteiger partial charge is 0.469 e. The molecule has 3 heterocycles. The SMILES string of the molecule is CC(C)[C@H](CC(=O)N1CCC([C@@H]2Nc3ccccc3S(=O)(=O)N2)CC1)c1ccco1. The maximum absolute atomic E-state index is 12.9. The summed E-state index contributed by atoms with van der Waals surface area (Å²) >= 11 is 0. The van der Waals surface area contributed by atoms with Gasteiger partial charge in [0.15, 0.2) is 0 Å². The Morgan fingerprint density at radius 2 is 1.90 bits per heavy atom. The first kappa shape index (κ1) is 20.9. The lowest BCUT2D eigenvalue weighted by Gasteiger charge is -2.39. The molecule has 1 amide bonds. The topological polar surface area (TPSA) is 91.7 Å². The van der Waals surface area contributed by atoms with E-state index in [9.17, 15) is 13.2 Å². The highest BCUT2D eigenvalue weighted by atomic mass is 32.2. The smallest absolute Gasteiger partial charge is 0.244 e. The van der Waals surface area contributed by atoms with Gasteiger partial charge in [0.05, 0.1) is 18.1 Å². The Kier molecular flexibility index (Phi) is 5.88. The first-order valence-corrected chi connectivity index (χ1v) is 12.0. The Balaban J connectivity index is 1.37. The fourth-order valence-electron chi connectivity index (χ4n) is 4.43. The predicted molar refractivity (Wildman–Crippen MR) is 114 cm³/mol. The second kappa shape index (κ2) is 8.43. The van der Waals surface area contributed by atoms with Crippen molar-refractivity contribution in [2.75, 3.05) is 18.4 Å². The summed E-state index contributed by atoms with van der Waals surface area (Å²) in [6, 6.07) is 10.7. The number of hydrogen-bond donors (Lipinski definition) is 2. The summed E-state index contributed by atoms with van der Waals surface area (Å²) in [7, 11) is -3.52. The molecular formula is C22H29N3O4S. The summed E-state index contributed by atoms with van der Waals surface area (Å²) in [5, 5.41) is 3.33. The van der Waals surface area contributed by atoms with Crippen molar-refractivity contribution in [2.45, 2.75) is 50.1 Å². The third-order valence-corrected chi connectivity index (χ3v) is 7.74. The van der Waals surface area contributed by atoms with Crippen LogP contribution in [0, 0.1) is 11.8 Å². The second-order valence-corrected chi connectivity index (χ2v) is 10.2. The molecule has 0 bridgehead atoms. The lowest BCUT2D eigenvalue weighted by atomic mass is 9.88. The molecule has 2 aliphatic rings. The third kappa shape index (κ3) is 4.25. The van der Waals surface area contributed by atoms with E-state index in [0.717, 1.165) is 18.6 Å². The molecule has 0 spiro atoms. The molecule has 2 N–H and O–H groups in total. The van der Waals surface area contributed by atoms with E-state index in [1.54, 1.807) is 24.5 Å². The number of furan rings is 1. The van der Waals surface area contributed by atoms with Gasteiger partial charge in [0.1, 0.15) is 10.7 Å². The van der Waals surface area contributed by atoms with Gasteiger partial charge < -0.3 is 14.6 Å². The molecule has 2 aromatic rings. The highest BCUT2D eigenvalue weighted by Gasteiger charge is 2.36. The molecule has 0 saturated carbocycles. The van der Waals surface area contributed by atoms with Gasteiger partial charge in [-0.15, -0.1) is 0 Å². The van der Waals surface area contributed by atoms with Crippen molar-refractivity contribution in [3.05, 3.63) is 48.4 Å². The van der Waals surface area contributed by atoms with E-state index in [1.807, 2.05) is 23.1 Å². The molecule has 1 aromatic heterocycles. The number of rotatable bonds is 5. The summed E-state index contributed by atoms with van der Waals surface area (Å²) in [5.74, 6) is 1.48. The molecular weight excluding hydrogens is 402 g/mol. The molecule has 8 heteroatoms. The average Bonchev–Trinajstić information content (AvgIpc) is 3.25. The van der Waals surface area contributed by atoms with Crippen molar-refractivity contribution in [2.24, 2.45) is 11.8 Å². The van der Waals surface area contributed by atoms with E-state index >= 15 is 0 Å². The van der Waals surface area contributed by atoms with Crippen molar-refractivity contribution in [1.29, 1.82) is 0 Å². The molecule has 0 aliphatic carbocycles. The van der Waals surface area contributed by atoms with Gasteiger partial charge in [-0.25, -0.2) is 8.42 Å². The molecule has 2 atom stereocenters. The standard InChI is InChI=1S/C22H29N3O4S/c1-15(2)17(19-7-5-13-29-19)14-21(26)25-11-9-16(10-12-25)22-23-18-6-3-4-8-20(18)30(27,28)24-22/h3-8,13,15-17,22-24H,9-12,14H2,1-2H3/t17-,22+/m0/s1. The van der Waals surface area contributed by atoms with Gasteiger partial charge in [-0.05, 0) is 48.9 Å².